The number of carbonyl (C=O) groups excluding carboxylic acids is 2. The van der Waals surface area contributed by atoms with E-state index in [4.69, 9.17) is 23.2 Å². The van der Waals surface area contributed by atoms with E-state index in [1.165, 1.54) is 11.8 Å². The van der Waals surface area contributed by atoms with Gasteiger partial charge in [-0.15, -0.1) is 10.2 Å². The van der Waals surface area contributed by atoms with Crippen LogP contribution in [-0.4, -0.2) is 32.3 Å². The number of thioether (sulfide) groups is 1. The largest absolute Gasteiger partial charge is 0.342 e. The minimum atomic E-state index is -0.379. The van der Waals surface area contributed by atoms with Crippen LogP contribution < -0.4 is 10.6 Å². The van der Waals surface area contributed by atoms with Gasteiger partial charge in [0.25, 0.3) is 5.91 Å². The van der Waals surface area contributed by atoms with Crippen molar-refractivity contribution in [2.24, 2.45) is 5.92 Å². The smallest absolute Gasteiger partial charge is 0.253 e. The Kier molecular flexibility index (Phi) is 9.82. The van der Waals surface area contributed by atoms with Gasteiger partial charge in [0.05, 0.1) is 22.4 Å². The molecule has 3 aromatic rings. The molecule has 192 valence electrons. The molecule has 2 amide bonds. The molecule has 0 radical (unpaired) electrons. The Morgan fingerprint density at radius 2 is 1.75 bits per heavy atom. The number of nitrogens with one attached hydrogen (secondary N) is 2. The van der Waals surface area contributed by atoms with Crippen LogP contribution in [-0.2, 0) is 11.3 Å². The predicted octanol–water partition coefficient (Wildman–Crippen LogP) is 6.47. The van der Waals surface area contributed by atoms with Gasteiger partial charge in [-0.05, 0) is 74.6 Å². The number of halogens is 2. The minimum absolute atomic E-state index is 0.124. The molecular formula is C26H31Cl2N5O2S. The van der Waals surface area contributed by atoms with Crippen molar-refractivity contribution in [3.8, 4) is 0 Å². The summed E-state index contributed by atoms with van der Waals surface area (Å²) >= 11 is 13.5. The first kappa shape index (κ1) is 28.0. The van der Waals surface area contributed by atoms with E-state index in [2.05, 4.69) is 40.7 Å². The van der Waals surface area contributed by atoms with E-state index in [0.29, 0.717) is 34.5 Å². The molecule has 7 nitrogen and oxygen atoms in total. The van der Waals surface area contributed by atoms with Crippen molar-refractivity contribution < 1.29 is 9.59 Å². The van der Waals surface area contributed by atoms with Crippen molar-refractivity contribution in [2.45, 2.75) is 58.8 Å². The van der Waals surface area contributed by atoms with E-state index in [-0.39, 0.29) is 34.5 Å². The molecule has 10 heteroatoms. The van der Waals surface area contributed by atoms with Crippen molar-refractivity contribution >= 4 is 52.5 Å². The number of benzene rings is 2. The van der Waals surface area contributed by atoms with Gasteiger partial charge in [0, 0.05) is 17.3 Å². The fraction of sp³-hybridized carbons (Fsp3) is 0.385. The normalized spacial score (nSPS) is 12.0. The van der Waals surface area contributed by atoms with Gasteiger partial charge in [0.15, 0.2) is 11.0 Å². The number of amides is 2. The van der Waals surface area contributed by atoms with Gasteiger partial charge in [-0.25, -0.2) is 0 Å². The molecule has 36 heavy (non-hydrogen) atoms. The zero-order valence-corrected chi connectivity index (χ0v) is 23.4. The maximum absolute atomic E-state index is 13.0. The van der Waals surface area contributed by atoms with Crippen LogP contribution in [0.2, 0.25) is 10.0 Å². The summed E-state index contributed by atoms with van der Waals surface area (Å²) in [5.74, 6) is 0.684. The minimum Gasteiger partial charge on any atom is -0.342 e. The Hall–Kier alpha value is -2.55. The van der Waals surface area contributed by atoms with Crippen LogP contribution in [0.1, 0.15) is 60.5 Å². The van der Waals surface area contributed by atoms with E-state index >= 15 is 0 Å². The monoisotopic (exact) mass is 547 g/mol. The Labute approximate surface area is 226 Å². The Morgan fingerprint density at radius 3 is 2.36 bits per heavy atom. The second-order valence-corrected chi connectivity index (χ2v) is 10.9. The summed E-state index contributed by atoms with van der Waals surface area (Å²) in [5, 5.41) is 16.1. The first-order valence-electron chi connectivity index (χ1n) is 11.8. The van der Waals surface area contributed by atoms with Crippen LogP contribution in [0.4, 0.5) is 5.69 Å². The van der Waals surface area contributed by atoms with Gasteiger partial charge in [-0.3, -0.25) is 9.59 Å². The van der Waals surface area contributed by atoms with Crippen molar-refractivity contribution in [1.82, 2.24) is 20.1 Å². The van der Waals surface area contributed by atoms with Crippen molar-refractivity contribution in [3.63, 3.8) is 0 Å². The highest BCUT2D eigenvalue weighted by Gasteiger charge is 2.25. The van der Waals surface area contributed by atoms with E-state index in [1.807, 2.05) is 37.5 Å². The maximum Gasteiger partial charge on any atom is 0.253 e. The molecule has 0 spiro atoms. The maximum atomic E-state index is 13.0. The molecule has 0 bridgehead atoms. The Balaban J connectivity index is 1.75. The molecule has 0 aliphatic heterocycles. The summed E-state index contributed by atoms with van der Waals surface area (Å²) in [5.41, 5.74) is 3.30. The molecular weight excluding hydrogens is 517 g/mol. The van der Waals surface area contributed by atoms with Crippen LogP contribution in [0.5, 0.6) is 0 Å². The fourth-order valence-corrected chi connectivity index (χ4v) is 5.25. The molecule has 1 aromatic heterocycles. The van der Waals surface area contributed by atoms with Gasteiger partial charge in [-0.1, -0.05) is 54.9 Å². The zero-order chi connectivity index (χ0) is 26.4. The zero-order valence-electron chi connectivity index (χ0n) is 21.1. The standard InChI is InChI=1S/C26H31Cl2N5O2S/c1-6-33-24(22(9-15(2)3)30-25(35)20-8-7-18(27)13-21(20)28)31-32-26(33)36-14-23(34)29-19-11-16(4)10-17(5)12-19/h7-8,10-13,15,22H,6,9,14H2,1-5H3,(H,29,34)(H,30,35)/t22-/m0/s1. The van der Waals surface area contributed by atoms with E-state index in [0.717, 1.165) is 16.8 Å². The molecule has 3 rings (SSSR count). The van der Waals surface area contributed by atoms with Gasteiger partial charge in [0.1, 0.15) is 0 Å². The van der Waals surface area contributed by atoms with E-state index < -0.39 is 0 Å². The molecule has 0 aliphatic rings. The molecule has 0 fully saturated rings. The number of rotatable bonds is 10. The molecule has 0 saturated heterocycles. The number of anilines is 1. The summed E-state index contributed by atoms with van der Waals surface area (Å²) in [6.45, 7) is 10.7. The highest BCUT2D eigenvalue weighted by molar-refractivity contribution is 7.99. The van der Waals surface area contributed by atoms with Crippen molar-refractivity contribution in [2.75, 3.05) is 11.1 Å². The number of hydrogen-bond donors (Lipinski definition) is 2. The van der Waals surface area contributed by atoms with Crippen molar-refractivity contribution in [1.29, 1.82) is 0 Å². The van der Waals surface area contributed by atoms with Crippen LogP contribution in [0.3, 0.4) is 0 Å². The lowest BCUT2D eigenvalue weighted by molar-refractivity contribution is -0.113. The summed E-state index contributed by atoms with van der Waals surface area (Å²) in [7, 11) is 0. The third kappa shape index (κ3) is 7.48. The lowest BCUT2D eigenvalue weighted by Gasteiger charge is -2.21. The lowest BCUT2D eigenvalue weighted by atomic mass is 10.0. The first-order chi connectivity index (χ1) is 17.1. The SMILES string of the molecule is CCn1c(SCC(=O)Nc2cc(C)cc(C)c2)nnc1[C@H](CC(C)C)NC(=O)c1ccc(Cl)cc1Cl. The highest BCUT2D eigenvalue weighted by atomic mass is 35.5. The van der Waals surface area contributed by atoms with E-state index in [9.17, 15) is 9.59 Å². The molecule has 2 aromatic carbocycles. The topological polar surface area (TPSA) is 88.9 Å². The lowest BCUT2D eigenvalue weighted by Crippen LogP contribution is -2.31. The molecule has 1 atom stereocenters. The quantitative estimate of drug-likeness (QED) is 0.284. The number of aromatic nitrogens is 3. The van der Waals surface area contributed by atoms with Gasteiger partial charge in [-0.2, -0.15) is 0 Å². The van der Waals surface area contributed by atoms with Gasteiger partial charge < -0.3 is 15.2 Å². The highest BCUT2D eigenvalue weighted by Crippen LogP contribution is 2.27. The Bertz CT molecular complexity index is 1220. The molecule has 2 N–H and O–H groups in total. The average molecular weight is 549 g/mol. The molecule has 0 aliphatic carbocycles. The average Bonchev–Trinajstić information content (AvgIpc) is 3.19. The fourth-order valence-electron chi connectivity index (χ4n) is 3.95. The number of aryl methyl sites for hydroxylation is 2. The number of nitrogens with zero attached hydrogens (tertiary/aromatic N) is 3. The Morgan fingerprint density at radius 1 is 1.06 bits per heavy atom. The van der Waals surface area contributed by atoms with Crippen LogP contribution in [0.15, 0.2) is 41.6 Å². The third-order valence-electron chi connectivity index (χ3n) is 5.40. The van der Waals surface area contributed by atoms with Crippen molar-refractivity contribution in [3.05, 3.63) is 69.0 Å². The number of hydrogen-bond acceptors (Lipinski definition) is 5. The van der Waals surface area contributed by atoms with Crippen LogP contribution >= 0.6 is 35.0 Å². The predicted molar refractivity (Wildman–Crippen MR) is 147 cm³/mol. The van der Waals surface area contributed by atoms with Crippen LogP contribution in [0.25, 0.3) is 0 Å². The summed E-state index contributed by atoms with van der Waals surface area (Å²) in [6, 6.07) is 10.3. The van der Waals surface area contributed by atoms with Gasteiger partial charge >= 0.3 is 0 Å². The second kappa shape index (κ2) is 12.6. The third-order valence-corrected chi connectivity index (χ3v) is 6.91. The van der Waals surface area contributed by atoms with Crippen LogP contribution in [0, 0.1) is 19.8 Å². The van der Waals surface area contributed by atoms with Gasteiger partial charge in [0.2, 0.25) is 5.91 Å². The molecule has 0 unspecified atom stereocenters. The summed E-state index contributed by atoms with van der Waals surface area (Å²) in [6.07, 6.45) is 0.660. The van der Waals surface area contributed by atoms with E-state index in [1.54, 1.807) is 18.2 Å². The summed E-state index contributed by atoms with van der Waals surface area (Å²) in [4.78, 5) is 25.6. The summed E-state index contributed by atoms with van der Waals surface area (Å²) < 4.78 is 1.94. The number of carbonyl (C=O) groups is 2. The first-order valence-corrected chi connectivity index (χ1v) is 13.5. The molecule has 0 saturated carbocycles. The molecule has 1 heterocycles. The second-order valence-electron chi connectivity index (χ2n) is 9.08.